The van der Waals surface area contributed by atoms with Crippen molar-refractivity contribution in [3.8, 4) is 11.1 Å². The number of carbonyl (C=O) groups excluding carboxylic acids is 2. The topological polar surface area (TPSA) is 62.0 Å². The number of aromatic amines is 1. The monoisotopic (exact) mass is 414 g/mol. The van der Waals surface area contributed by atoms with Gasteiger partial charge in [0.2, 0.25) is 0 Å². The maximum atomic E-state index is 13.5. The number of fused-ring (bicyclic) bond motifs is 1. The van der Waals surface area contributed by atoms with Crippen molar-refractivity contribution in [3.05, 3.63) is 94.6 Å². The van der Waals surface area contributed by atoms with Gasteiger partial charge in [-0.15, -0.1) is 0 Å². The standard InChI is InChI=1S/C25H19ClN2O2/c26-22-13-19(24(29)21-14-27-23-9-5-4-8-17(21)23)20(25(30)28-16-10-11-16)12-18(22)15-6-2-1-3-7-15/h1-9,12-14,16,27H,10-11H2,(H,28,30). The van der Waals surface area contributed by atoms with Gasteiger partial charge in [-0.3, -0.25) is 9.59 Å². The van der Waals surface area contributed by atoms with Crippen LogP contribution in [0.25, 0.3) is 22.0 Å². The highest BCUT2D eigenvalue weighted by Gasteiger charge is 2.28. The van der Waals surface area contributed by atoms with Gasteiger partial charge in [0.25, 0.3) is 5.91 Å². The fourth-order valence-electron chi connectivity index (χ4n) is 3.68. The number of carbonyl (C=O) groups is 2. The number of H-pyrrole nitrogens is 1. The molecule has 5 heteroatoms. The van der Waals surface area contributed by atoms with Crippen LogP contribution in [0.4, 0.5) is 0 Å². The predicted octanol–water partition coefficient (Wildman–Crippen LogP) is 5.61. The maximum Gasteiger partial charge on any atom is 0.252 e. The molecule has 4 aromatic rings. The van der Waals surface area contributed by atoms with Gasteiger partial charge < -0.3 is 10.3 Å². The summed E-state index contributed by atoms with van der Waals surface area (Å²) >= 11 is 6.59. The van der Waals surface area contributed by atoms with Crippen LogP contribution in [0.5, 0.6) is 0 Å². The van der Waals surface area contributed by atoms with E-state index in [1.165, 1.54) is 0 Å². The van der Waals surface area contributed by atoms with Crippen LogP contribution in [0.2, 0.25) is 5.02 Å². The van der Waals surface area contributed by atoms with Gasteiger partial charge in [0.05, 0.1) is 5.56 Å². The van der Waals surface area contributed by atoms with Crippen LogP contribution in [0.3, 0.4) is 0 Å². The molecule has 0 saturated heterocycles. The molecule has 1 saturated carbocycles. The van der Waals surface area contributed by atoms with E-state index in [1.54, 1.807) is 18.3 Å². The molecule has 2 N–H and O–H groups in total. The summed E-state index contributed by atoms with van der Waals surface area (Å²) < 4.78 is 0. The van der Waals surface area contributed by atoms with E-state index >= 15 is 0 Å². The zero-order valence-corrected chi connectivity index (χ0v) is 16.9. The van der Waals surface area contributed by atoms with Crippen molar-refractivity contribution in [2.24, 2.45) is 0 Å². The second-order valence-electron chi connectivity index (χ2n) is 7.57. The number of aromatic nitrogens is 1. The highest BCUT2D eigenvalue weighted by Crippen LogP contribution is 2.33. The van der Waals surface area contributed by atoms with Crippen LogP contribution in [0.1, 0.15) is 39.1 Å². The third kappa shape index (κ3) is 3.40. The van der Waals surface area contributed by atoms with Crippen molar-refractivity contribution in [1.82, 2.24) is 10.3 Å². The van der Waals surface area contributed by atoms with E-state index in [0.717, 1.165) is 34.9 Å². The number of rotatable bonds is 5. The van der Waals surface area contributed by atoms with Gasteiger partial charge in [-0.25, -0.2) is 0 Å². The molecule has 0 spiro atoms. The first-order chi connectivity index (χ1) is 14.6. The number of para-hydroxylation sites is 1. The molecule has 1 amide bonds. The lowest BCUT2D eigenvalue weighted by Gasteiger charge is -2.13. The Morgan fingerprint density at radius 2 is 1.63 bits per heavy atom. The molecule has 5 rings (SSSR count). The molecule has 0 unspecified atom stereocenters. The Bertz CT molecular complexity index is 1270. The van der Waals surface area contributed by atoms with Crippen molar-refractivity contribution in [2.45, 2.75) is 18.9 Å². The molecule has 4 nitrogen and oxygen atoms in total. The van der Waals surface area contributed by atoms with E-state index in [9.17, 15) is 9.59 Å². The van der Waals surface area contributed by atoms with Crippen molar-refractivity contribution in [1.29, 1.82) is 0 Å². The first-order valence-electron chi connectivity index (χ1n) is 9.92. The summed E-state index contributed by atoms with van der Waals surface area (Å²) in [6, 6.07) is 20.8. The van der Waals surface area contributed by atoms with Crippen molar-refractivity contribution < 1.29 is 9.59 Å². The first-order valence-corrected chi connectivity index (χ1v) is 10.3. The molecular weight excluding hydrogens is 396 g/mol. The SMILES string of the molecule is O=C(NC1CC1)c1cc(-c2ccccc2)c(Cl)cc1C(=O)c1c[nH]c2ccccc12. The van der Waals surface area contributed by atoms with Crippen LogP contribution in [-0.4, -0.2) is 22.7 Å². The Balaban J connectivity index is 1.65. The van der Waals surface area contributed by atoms with Gasteiger partial charge in [0.1, 0.15) is 0 Å². The van der Waals surface area contributed by atoms with Gasteiger partial charge >= 0.3 is 0 Å². The minimum atomic E-state index is -0.241. The fourth-order valence-corrected chi connectivity index (χ4v) is 3.96. The molecule has 1 aliphatic carbocycles. The molecule has 3 aromatic carbocycles. The number of hydrogen-bond donors (Lipinski definition) is 2. The van der Waals surface area contributed by atoms with Crippen LogP contribution in [0, 0.1) is 0 Å². The van der Waals surface area contributed by atoms with Crippen molar-refractivity contribution in [3.63, 3.8) is 0 Å². The van der Waals surface area contributed by atoms with Crippen LogP contribution >= 0.6 is 11.6 Å². The zero-order chi connectivity index (χ0) is 20.7. The molecule has 1 heterocycles. The van der Waals surface area contributed by atoms with E-state index in [2.05, 4.69) is 10.3 Å². The predicted molar refractivity (Wildman–Crippen MR) is 119 cm³/mol. The largest absolute Gasteiger partial charge is 0.360 e. The normalized spacial score (nSPS) is 13.4. The molecule has 148 valence electrons. The van der Waals surface area contributed by atoms with Crippen molar-refractivity contribution >= 4 is 34.2 Å². The lowest BCUT2D eigenvalue weighted by atomic mass is 9.93. The molecule has 1 aliphatic rings. The van der Waals surface area contributed by atoms with E-state index in [0.29, 0.717) is 21.7 Å². The summed E-state index contributed by atoms with van der Waals surface area (Å²) in [4.78, 5) is 29.7. The molecule has 1 aromatic heterocycles. The zero-order valence-electron chi connectivity index (χ0n) is 16.1. The highest BCUT2D eigenvalue weighted by atomic mass is 35.5. The average Bonchev–Trinajstić information content (AvgIpc) is 3.48. The summed E-state index contributed by atoms with van der Waals surface area (Å²) in [5, 5.41) is 4.26. The Hall–Kier alpha value is -3.37. The van der Waals surface area contributed by atoms with Gasteiger partial charge in [0.15, 0.2) is 5.78 Å². The van der Waals surface area contributed by atoms with Crippen molar-refractivity contribution in [2.75, 3.05) is 0 Å². The average molecular weight is 415 g/mol. The quantitative estimate of drug-likeness (QED) is 0.417. The van der Waals surface area contributed by atoms with Crippen LogP contribution < -0.4 is 5.32 Å². The number of hydrogen-bond acceptors (Lipinski definition) is 2. The Morgan fingerprint density at radius 3 is 2.40 bits per heavy atom. The van der Waals surface area contributed by atoms with Gasteiger partial charge in [0, 0.05) is 44.9 Å². The second-order valence-corrected chi connectivity index (χ2v) is 7.98. The maximum absolute atomic E-state index is 13.5. The molecule has 0 atom stereocenters. The minimum absolute atomic E-state index is 0.185. The Labute approximate surface area is 178 Å². The highest BCUT2D eigenvalue weighted by molar-refractivity contribution is 6.34. The van der Waals surface area contributed by atoms with E-state index in [4.69, 9.17) is 11.6 Å². The third-order valence-corrected chi connectivity index (χ3v) is 5.74. The lowest BCUT2D eigenvalue weighted by molar-refractivity contribution is 0.0940. The number of halogens is 1. The minimum Gasteiger partial charge on any atom is -0.360 e. The third-order valence-electron chi connectivity index (χ3n) is 5.43. The van der Waals surface area contributed by atoms with Crippen LogP contribution in [-0.2, 0) is 0 Å². The molecule has 0 aliphatic heterocycles. The van der Waals surface area contributed by atoms with E-state index in [1.807, 2.05) is 54.6 Å². The fraction of sp³-hybridized carbons (Fsp3) is 0.120. The molecule has 0 bridgehead atoms. The summed E-state index contributed by atoms with van der Waals surface area (Å²) in [7, 11) is 0. The second kappa shape index (κ2) is 7.47. The lowest BCUT2D eigenvalue weighted by Crippen LogP contribution is -2.27. The van der Waals surface area contributed by atoms with E-state index < -0.39 is 0 Å². The smallest absolute Gasteiger partial charge is 0.252 e. The summed E-state index contributed by atoms with van der Waals surface area (Å²) in [5.74, 6) is -0.468. The summed E-state index contributed by atoms with van der Waals surface area (Å²) in [5.41, 5.74) is 3.68. The first kappa shape index (κ1) is 18.6. The Morgan fingerprint density at radius 1 is 0.900 bits per heavy atom. The van der Waals surface area contributed by atoms with E-state index in [-0.39, 0.29) is 17.7 Å². The number of nitrogens with one attached hydrogen (secondary N) is 2. The molecule has 0 radical (unpaired) electrons. The van der Waals surface area contributed by atoms with Gasteiger partial charge in [-0.2, -0.15) is 0 Å². The molecule has 30 heavy (non-hydrogen) atoms. The summed E-state index contributed by atoms with van der Waals surface area (Å²) in [6.07, 6.45) is 3.63. The number of amides is 1. The number of benzene rings is 3. The van der Waals surface area contributed by atoms with Crippen LogP contribution in [0.15, 0.2) is 72.9 Å². The van der Waals surface area contributed by atoms with Gasteiger partial charge in [-0.05, 0) is 36.6 Å². The summed E-state index contributed by atoms with van der Waals surface area (Å²) in [6.45, 7) is 0. The molecular formula is C25H19ClN2O2. The van der Waals surface area contributed by atoms with Gasteiger partial charge in [-0.1, -0.05) is 60.1 Å². The number of ketones is 1. The Kier molecular flexibility index (Phi) is 4.64. The molecule has 1 fully saturated rings.